The molecule has 3 rings (SSSR count). The Morgan fingerprint density at radius 1 is 1.00 bits per heavy atom. The Hall–Kier alpha value is -3.58. The third kappa shape index (κ3) is 7.95. The first-order valence-corrected chi connectivity index (χ1v) is 12.5. The fourth-order valence-corrected chi connectivity index (χ4v) is 4.07. The third-order valence-corrected chi connectivity index (χ3v) is 5.95. The van der Waals surface area contributed by atoms with Crippen molar-refractivity contribution in [2.45, 2.75) is 60.2 Å². The van der Waals surface area contributed by atoms with Gasteiger partial charge in [0.25, 0.3) is 0 Å². The van der Waals surface area contributed by atoms with Crippen LogP contribution in [-0.4, -0.2) is 42.0 Å². The van der Waals surface area contributed by atoms with E-state index in [1.54, 1.807) is 46.1 Å². The van der Waals surface area contributed by atoms with Crippen molar-refractivity contribution < 1.29 is 28.2 Å². The number of nitrogens with zero attached hydrogens (tertiary/aromatic N) is 1. The number of ether oxygens (including phenoxy) is 3. The van der Waals surface area contributed by atoms with E-state index in [2.05, 4.69) is 17.0 Å². The highest BCUT2D eigenvalue weighted by Crippen LogP contribution is 2.30. The molecule has 0 radical (unpaired) electrons. The van der Waals surface area contributed by atoms with Gasteiger partial charge in [0.05, 0.1) is 19.4 Å². The van der Waals surface area contributed by atoms with Gasteiger partial charge in [-0.2, -0.15) is 0 Å². The number of hydrogen-bond acceptors (Lipinski definition) is 7. The molecular formula is C30H37NO6. The van der Waals surface area contributed by atoms with Crippen molar-refractivity contribution >= 4 is 11.8 Å². The van der Waals surface area contributed by atoms with Crippen LogP contribution in [-0.2, 0) is 22.6 Å². The van der Waals surface area contributed by atoms with Gasteiger partial charge in [-0.3, -0.25) is 9.69 Å². The topological polar surface area (TPSA) is 78.2 Å². The van der Waals surface area contributed by atoms with Gasteiger partial charge >= 0.3 is 5.97 Å². The first kappa shape index (κ1) is 28.0. The quantitative estimate of drug-likeness (QED) is 0.210. The smallest absolute Gasteiger partial charge is 0.349 e. The Balaban J connectivity index is 1.70. The summed E-state index contributed by atoms with van der Waals surface area (Å²) < 4.78 is 22.8. The summed E-state index contributed by atoms with van der Waals surface area (Å²) in [4.78, 5) is 26.1. The van der Waals surface area contributed by atoms with Crippen molar-refractivity contribution in [3.63, 3.8) is 0 Å². The molecule has 37 heavy (non-hydrogen) atoms. The largest absolute Gasteiger partial charge is 0.492 e. The average molecular weight is 508 g/mol. The number of carbonyl (C=O) groups excluding carboxylic acids is 2. The molecule has 0 spiro atoms. The fourth-order valence-electron chi connectivity index (χ4n) is 4.07. The van der Waals surface area contributed by atoms with Crippen LogP contribution >= 0.6 is 0 Å². The Morgan fingerprint density at radius 2 is 1.68 bits per heavy atom. The van der Waals surface area contributed by atoms with Gasteiger partial charge in [-0.1, -0.05) is 12.1 Å². The summed E-state index contributed by atoms with van der Waals surface area (Å²) in [5.41, 5.74) is 2.60. The maximum Gasteiger partial charge on any atom is 0.349 e. The molecule has 0 aliphatic heterocycles. The minimum Gasteiger partial charge on any atom is -0.492 e. The van der Waals surface area contributed by atoms with Crippen LogP contribution in [0.2, 0.25) is 0 Å². The fraction of sp³-hybridized carbons (Fsp3) is 0.400. The number of ketones is 1. The van der Waals surface area contributed by atoms with Crippen LogP contribution < -0.4 is 9.47 Å². The number of benzene rings is 2. The molecule has 0 N–H and O–H groups in total. The summed E-state index contributed by atoms with van der Waals surface area (Å²) in [7, 11) is 0. The maximum atomic E-state index is 12.3. The van der Waals surface area contributed by atoms with Gasteiger partial charge in [-0.25, -0.2) is 4.79 Å². The number of Topliss-reactive ketones (excluding diaryl/α,β-unsaturated/α-hetero) is 1. The molecule has 0 unspecified atom stereocenters. The van der Waals surface area contributed by atoms with Crippen molar-refractivity contribution in [2.24, 2.45) is 0 Å². The summed E-state index contributed by atoms with van der Waals surface area (Å²) in [6.45, 7) is 13.5. The van der Waals surface area contributed by atoms with E-state index in [0.29, 0.717) is 44.2 Å². The molecule has 0 fully saturated rings. The second-order valence-electron chi connectivity index (χ2n) is 9.61. The lowest BCUT2D eigenvalue weighted by molar-refractivity contribution is -0.158. The van der Waals surface area contributed by atoms with Crippen molar-refractivity contribution in [2.75, 3.05) is 19.8 Å². The van der Waals surface area contributed by atoms with Crippen LogP contribution in [0, 0.1) is 13.8 Å². The highest BCUT2D eigenvalue weighted by atomic mass is 16.6. The van der Waals surface area contributed by atoms with E-state index in [4.69, 9.17) is 18.6 Å². The molecule has 0 saturated carbocycles. The molecule has 7 heteroatoms. The molecular weight excluding hydrogens is 470 g/mol. The van der Waals surface area contributed by atoms with Crippen LogP contribution in [0.1, 0.15) is 60.5 Å². The standard InChI is InChI=1S/C30H37NO6/c1-7-34-29(33)30(5,6)37-28-21(2)17-24(18-22(28)3)19-31(20-27-9-8-15-35-27)14-16-36-26-12-10-25(11-13-26)23(4)32/h8-13,15,17-18H,7,14,16,19-20H2,1-6H3. The molecule has 1 aromatic heterocycles. The highest BCUT2D eigenvalue weighted by Gasteiger charge is 2.32. The van der Waals surface area contributed by atoms with Gasteiger partial charge in [0.15, 0.2) is 11.4 Å². The van der Waals surface area contributed by atoms with E-state index in [0.717, 1.165) is 28.2 Å². The maximum absolute atomic E-state index is 12.3. The lowest BCUT2D eigenvalue weighted by Gasteiger charge is -2.27. The minimum atomic E-state index is -1.08. The van der Waals surface area contributed by atoms with E-state index in [-0.39, 0.29) is 5.78 Å². The number of hydrogen-bond donors (Lipinski definition) is 0. The third-order valence-electron chi connectivity index (χ3n) is 5.95. The van der Waals surface area contributed by atoms with E-state index < -0.39 is 11.6 Å². The minimum absolute atomic E-state index is 0.0302. The van der Waals surface area contributed by atoms with Crippen molar-refractivity contribution in [3.05, 3.63) is 82.8 Å². The monoisotopic (exact) mass is 507 g/mol. The van der Waals surface area contributed by atoms with Crippen molar-refractivity contribution in [3.8, 4) is 11.5 Å². The lowest BCUT2D eigenvalue weighted by atomic mass is 10.0. The zero-order valence-corrected chi connectivity index (χ0v) is 22.6. The first-order valence-electron chi connectivity index (χ1n) is 12.5. The Bertz CT molecular complexity index is 1160. The first-order chi connectivity index (χ1) is 17.6. The van der Waals surface area contributed by atoms with E-state index in [1.807, 2.05) is 38.1 Å². The van der Waals surface area contributed by atoms with Gasteiger partial charge < -0.3 is 18.6 Å². The summed E-state index contributed by atoms with van der Waals surface area (Å²) in [5, 5.41) is 0. The van der Waals surface area contributed by atoms with Crippen LogP contribution in [0.4, 0.5) is 0 Å². The molecule has 1 heterocycles. The number of furan rings is 1. The molecule has 0 aliphatic carbocycles. The molecule has 0 bridgehead atoms. The SMILES string of the molecule is CCOC(=O)C(C)(C)Oc1c(C)cc(CN(CCOc2ccc(C(C)=O)cc2)Cc2ccco2)cc1C. The summed E-state index contributed by atoms with van der Waals surface area (Å²) >= 11 is 0. The van der Waals surface area contributed by atoms with E-state index in [9.17, 15) is 9.59 Å². The highest BCUT2D eigenvalue weighted by molar-refractivity contribution is 5.94. The zero-order chi connectivity index (χ0) is 27.0. The summed E-state index contributed by atoms with van der Waals surface area (Å²) in [5.74, 6) is 1.92. The molecule has 3 aromatic rings. The normalized spacial score (nSPS) is 11.4. The van der Waals surface area contributed by atoms with Crippen LogP contribution in [0.15, 0.2) is 59.2 Å². The summed E-state index contributed by atoms with van der Waals surface area (Å²) in [6, 6.07) is 15.2. The van der Waals surface area contributed by atoms with E-state index >= 15 is 0 Å². The molecule has 0 atom stereocenters. The van der Waals surface area contributed by atoms with Crippen molar-refractivity contribution in [1.29, 1.82) is 0 Å². The number of aryl methyl sites for hydroxylation is 2. The van der Waals surface area contributed by atoms with Crippen LogP contribution in [0.5, 0.6) is 11.5 Å². The molecule has 0 amide bonds. The number of rotatable bonds is 13. The molecule has 198 valence electrons. The van der Waals surface area contributed by atoms with Crippen molar-refractivity contribution in [1.82, 2.24) is 4.90 Å². The Labute approximate surface area is 219 Å². The second kappa shape index (κ2) is 12.6. The van der Waals surface area contributed by atoms with Gasteiger partial charge in [0, 0.05) is 18.7 Å². The van der Waals surface area contributed by atoms with Crippen LogP contribution in [0.25, 0.3) is 0 Å². The second-order valence-corrected chi connectivity index (χ2v) is 9.61. The Morgan fingerprint density at radius 3 is 2.24 bits per heavy atom. The Kier molecular flexibility index (Phi) is 9.53. The molecule has 0 aliphatic rings. The van der Waals surface area contributed by atoms with Crippen LogP contribution in [0.3, 0.4) is 0 Å². The van der Waals surface area contributed by atoms with Gasteiger partial charge in [-0.05, 0) is 94.6 Å². The molecule has 0 saturated heterocycles. The number of esters is 1. The predicted octanol–water partition coefficient (Wildman–Crippen LogP) is 5.90. The summed E-state index contributed by atoms with van der Waals surface area (Å²) in [6.07, 6.45) is 1.67. The lowest BCUT2D eigenvalue weighted by Crippen LogP contribution is -2.40. The van der Waals surface area contributed by atoms with E-state index in [1.165, 1.54) is 0 Å². The van der Waals surface area contributed by atoms with Gasteiger partial charge in [-0.15, -0.1) is 0 Å². The van der Waals surface area contributed by atoms with Gasteiger partial charge in [0.2, 0.25) is 0 Å². The molecule has 7 nitrogen and oxygen atoms in total. The molecule has 2 aromatic carbocycles. The van der Waals surface area contributed by atoms with Gasteiger partial charge in [0.1, 0.15) is 23.9 Å². The number of carbonyl (C=O) groups is 2. The zero-order valence-electron chi connectivity index (χ0n) is 22.6. The average Bonchev–Trinajstić information content (AvgIpc) is 3.35. The predicted molar refractivity (Wildman–Crippen MR) is 142 cm³/mol.